The SMILES string of the molecule is CC.CC.CC.CC.CC.CC.CC.Cc1cccn1C.Cc1ccco1.Cc1ccco1.Cc1cccs1.Cc1cccs1.Cc1ccno1.Cc1ccsn1.Cc1cnn(C)c1.Cc1cnn(C)c1.Cc1cnoc1.Cn1cccn1. The number of thiophene rings is 2. The average molecular weight is 1210 g/mol. The van der Waals surface area contributed by atoms with E-state index in [0.717, 1.165) is 28.5 Å². The largest absolute Gasteiger partial charge is 0.470 e. The first-order valence-corrected chi connectivity index (χ1v) is 31.2. The molecule has 468 valence electrons. The third-order valence-corrected chi connectivity index (χ3v) is 10.1. The van der Waals surface area contributed by atoms with Crippen molar-refractivity contribution in [2.45, 2.75) is 166 Å². The molecule has 0 bridgehead atoms. The zero-order valence-corrected chi connectivity index (χ0v) is 58.9. The van der Waals surface area contributed by atoms with Crippen molar-refractivity contribution in [2.75, 3.05) is 0 Å². The van der Waals surface area contributed by atoms with Gasteiger partial charge < -0.3 is 22.4 Å². The van der Waals surface area contributed by atoms with E-state index in [1.54, 1.807) is 80.2 Å². The first kappa shape index (κ1) is 89.7. The molecule has 0 spiro atoms. The molecule has 14 nitrogen and oxygen atoms in total. The first-order chi connectivity index (χ1) is 40.0. The zero-order valence-electron chi connectivity index (χ0n) is 56.5. The van der Waals surface area contributed by atoms with E-state index in [0.29, 0.717) is 0 Å². The second-order valence-corrected chi connectivity index (χ2v) is 17.7. The van der Waals surface area contributed by atoms with E-state index in [9.17, 15) is 0 Å². The van der Waals surface area contributed by atoms with Crippen LogP contribution in [0.2, 0.25) is 0 Å². The summed E-state index contributed by atoms with van der Waals surface area (Å²) in [6.45, 7) is 47.9. The van der Waals surface area contributed by atoms with Crippen molar-refractivity contribution in [1.82, 2.24) is 48.6 Å². The summed E-state index contributed by atoms with van der Waals surface area (Å²) in [4.78, 5) is 2.77. The summed E-state index contributed by atoms with van der Waals surface area (Å²) in [5.74, 6) is 2.79. The Bertz CT molecular complexity index is 2170. The molecule has 0 aliphatic rings. The van der Waals surface area contributed by atoms with Gasteiger partial charge in [0.2, 0.25) is 0 Å². The zero-order chi connectivity index (χ0) is 65.1. The lowest BCUT2D eigenvalue weighted by atomic mass is 10.4. The molecular formula is C66H112N10O4S3. The Morgan fingerprint density at radius 1 is 0.410 bits per heavy atom. The highest BCUT2D eigenvalue weighted by atomic mass is 32.1. The second-order valence-electron chi connectivity index (χ2n) is 14.7. The number of aromatic nitrogens is 10. The van der Waals surface area contributed by atoms with Gasteiger partial charge in [-0.3, -0.25) is 14.0 Å². The smallest absolute Gasteiger partial charge is 0.133 e. The molecule has 0 aromatic carbocycles. The van der Waals surface area contributed by atoms with E-state index in [1.165, 1.54) is 38.1 Å². The fourth-order valence-electron chi connectivity index (χ4n) is 4.23. The summed E-state index contributed by atoms with van der Waals surface area (Å²) >= 11 is 5.05. The third kappa shape index (κ3) is 67.3. The summed E-state index contributed by atoms with van der Waals surface area (Å²) in [7, 11) is 7.75. The number of aryl methyl sites for hydroxylation is 14. The van der Waals surface area contributed by atoms with Gasteiger partial charge in [0.1, 0.15) is 23.5 Å². The Hall–Kier alpha value is -7.08. The molecule has 0 saturated carbocycles. The van der Waals surface area contributed by atoms with Gasteiger partial charge >= 0.3 is 0 Å². The molecule has 83 heavy (non-hydrogen) atoms. The maximum Gasteiger partial charge on any atom is 0.133 e. The molecule has 0 fully saturated rings. The molecule has 11 aromatic rings. The van der Waals surface area contributed by atoms with Crippen LogP contribution in [-0.4, -0.2) is 48.6 Å². The summed E-state index contributed by atoms with van der Waals surface area (Å²) in [5.41, 5.74) is 5.90. The predicted octanol–water partition coefficient (Wildman–Crippen LogP) is 21.1. The molecule has 0 aliphatic carbocycles. The van der Waals surface area contributed by atoms with Crippen LogP contribution in [0.5, 0.6) is 0 Å². The van der Waals surface area contributed by atoms with Gasteiger partial charge in [-0.05, 0) is 163 Å². The topological polar surface area (TPSA) is 150 Å². The lowest BCUT2D eigenvalue weighted by molar-refractivity contribution is 0.397. The van der Waals surface area contributed by atoms with Crippen molar-refractivity contribution >= 4 is 34.2 Å². The molecule has 11 rings (SSSR count). The molecule has 11 heterocycles. The van der Waals surface area contributed by atoms with Crippen LogP contribution in [0.15, 0.2) is 187 Å². The fourth-order valence-corrected chi connectivity index (χ4v) is 5.83. The molecule has 0 unspecified atom stereocenters. The van der Waals surface area contributed by atoms with Gasteiger partial charge in [-0.15, -0.1) is 22.7 Å². The van der Waals surface area contributed by atoms with E-state index in [2.05, 4.69) is 105 Å². The maximum atomic E-state index is 4.83. The molecule has 0 radical (unpaired) electrons. The quantitative estimate of drug-likeness (QED) is 0.144. The first-order valence-electron chi connectivity index (χ1n) is 28.6. The standard InChI is InChI=1S/C6H9N.2C5H8N2.2C5H6O.2C5H6S.C4H6N2.2C4H5NO.C4H5NS.7C2H6/c1-6-4-3-5-7(6)2;2*1-5-3-6-7(2)4-5;4*1-5-3-2-4-6-5;1-6-4-2-3-5-6;1-4-2-5-6-3-4;1-4-2-3-5-6-4;1-4-2-3-6-5-4;7*1-2/h3-5H,1-2H3;2*3-4H,1-2H3;5*2-4H,1H3;3*2-3H,1H3;7*1-2H3. The van der Waals surface area contributed by atoms with Crippen LogP contribution in [0.4, 0.5) is 0 Å². The van der Waals surface area contributed by atoms with E-state index < -0.39 is 0 Å². The van der Waals surface area contributed by atoms with Crippen molar-refractivity contribution < 1.29 is 17.9 Å². The molecule has 0 N–H and O–H groups in total. The number of nitrogens with zero attached hydrogens (tertiary/aromatic N) is 10. The molecule has 11 aromatic heterocycles. The number of hydrogen-bond donors (Lipinski definition) is 0. The van der Waals surface area contributed by atoms with Crippen LogP contribution in [0.1, 0.15) is 152 Å². The van der Waals surface area contributed by atoms with Crippen LogP contribution in [-0.2, 0) is 28.2 Å². The maximum absolute atomic E-state index is 4.83. The van der Waals surface area contributed by atoms with Crippen molar-refractivity contribution in [3.8, 4) is 0 Å². The Morgan fingerprint density at radius 2 is 0.892 bits per heavy atom. The summed E-state index contributed by atoms with van der Waals surface area (Å²) < 4.78 is 30.1. The molecule has 0 atom stereocenters. The van der Waals surface area contributed by atoms with Crippen LogP contribution in [0, 0.1) is 69.2 Å². The number of hydrogen-bond acceptors (Lipinski definition) is 13. The van der Waals surface area contributed by atoms with Gasteiger partial charge in [0.25, 0.3) is 0 Å². The third-order valence-electron chi connectivity index (χ3n) is 7.85. The minimum absolute atomic E-state index is 0.856. The molecule has 0 aliphatic heterocycles. The van der Waals surface area contributed by atoms with Crippen LogP contribution >= 0.6 is 34.2 Å². The average Bonchev–Trinajstić information content (AvgIpc) is 4.32. The summed E-state index contributed by atoms with van der Waals surface area (Å²) in [6, 6.07) is 25.7. The Kier molecular flexibility index (Phi) is 76.8. The lowest BCUT2D eigenvalue weighted by Gasteiger charge is -1.89. The molecular weight excluding hydrogens is 1090 g/mol. The van der Waals surface area contributed by atoms with Gasteiger partial charge in [-0.1, -0.05) is 119 Å². The van der Waals surface area contributed by atoms with Crippen LogP contribution in [0.3, 0.4) is 0 Å². The molecule has 0 saturated heterocycles. The van der Waals surface area contributed by atoms with E-state index >= 15 is 0 Å². The predicted molar refractivity (Wildman–Crippen MR) is 363 cm³/mol. The fraction of sp³-hybridized carbons (Fsp3) is 0.424. The second kappa shape index (κ2) is 71.0. The van der Waals surface area contributed by atoms with E-state index in [-0.39, 0.29) is 0 Å². The van der Waals surface area contributed by atoms with Gasteiger partial charge in [0.15, 0.2) is 0 Å². The van der Waals surface area contributed by atoms with E-state index in [1.807, 2.05) is 259 Å². The molecule has 17 heteroatoms. The van der Waals surface area contributed by atoms with Crippen molar-refractivity contribution in [1.29, 1.82) is 0 Å². The highest BCUT2D eigenvalue weighted by molar-refractivity contribution is 7.10. The van der Waals surface area contributed by atoms with Crippen molar-refractivity contribution in [3.05, 3.63) is 225 Å². The van der Waals surface area contributed by atoms with E-state index in [4.69, 9.17) is 8.83 Å². The Morgan fingerprint density at radius 3 is 0.988 bits per heavy atom. The van der Waals surface area contributed by atoms with Gasteiger partial charge in [-0.2, -0.15) is 19.7 Å². The van der Waals surface area contributed by atoms with Crippen LogP contribution < -0.4 is 0 Å². The lowest BCUT2D eigenvalue weighted by Crippen LogP contribution is -1.84. The van der Waals surface area contributed by atoms with Gasteiger partial charge in [0.05, 0.1) is 43.0 Å². The monoisotopic (exact) mass is 1200 g/mol. The molecule has 0 amide bonds. The highest BCUT2D eigenvalue weighted by Crippen LogP contribution is 2.04. The summed E-state index contributed by atoms with van der Waals surface area (Å²) in [5, 5.41) is 24.7. The van der Waals surface area contributed by atoms with Crippen molar-refractivity contribution in [2.24, 2.45) is 28.2 Å². The Labute approximate surface area is 516 Å². The van der Waals surface area contributed by atoms with Crippen LogP contribution in [0.25, 0.3) is 0 Å². The van der Waals surface area contributed by atoms with Gasteiger partial charge in [-0.25, -0.2) is 0 Å². The Balaban J connectivity index is -0.000000150. The number of rotatable bonds is 0. The summed E-state index contributed by atoms with van der Waals surface area (Å²) in [6.07, 6.45) is 21.5. The van der Waals surface area contributed by atoms with Gasteiger partial charge in [0, 0.05) is 91.6 Å². The minimum Gasteiger partial charge on any atom is -0.470 e. The normalized spacial score (nSPS) is 8.00. The highest BCUT2D eigenvalue weighted by Gasteiger charge is 1.85. The van der Waals surface area contributed by atoms with Crippen molar-refractivity contribution in [3.63, 3.8) is 0 Å². The number of furan rings is 2. The minimum atomic E-state index is 0.856.